The maximum Gasteiger partial charge on any atom is 0.0392 e. The summed E-state index contributed by atoms with van der Waals surface area (Å²) in [6.07, 6.45) is 0. The number of likely N-dealkylation sites (N-methyl/N-ethyl adjacent to an activating group) is 1. The summed E-state index contributed by atoms with van der Waals surface area (Å²) in [4.78, 5) is 2.03. The highest BCUT2D eigenvalue weighted by Crippen LogP contribution is 2.06. The van der Waals surface area contributed by atoms with Crippen molar-refractivity contribution in [1.29, 1.82) is 0 Å². The molecule has 0 bridgehead atoms. The van der Waals surface area contributed by atoms with Crippen LogP contribution in [-0.2, 0) is 0 Å². The zero-order valence-electron chi connectivity index (χ0n) is 5.29. The second-order valence-corrected chi connectivity index (χ2v) is 2.41. The average molecular weight is 115 g/mol. The summed E-state index contributed by atoms with van der Waals surface area (Å²) in [6, 6.07) is 0.437. The molecule has 0 spiro atoms. The lowest BCUT2D eigenvalue weighted by Crippen LogP contribution is -2.22. The van der Waals surface area contributed by atoms with Crippen LogP contribution in [-0.4, -0.2) is 36.3 Å². The molecule has 0 aromatic carbocycles. The first-order chi connectivity index (χ1) is 3.70. The molecular weight excluding hydrogens is 104 g/mol. The summed E-state index contributed by atoms with van der Waals surface area (Å²) in [6.45, 7) is 3.29. The summed E-state index contributed by atoms with van der Waals surface area (Å²) < 4.78 is 0. The zero-order valence-corrected chi connectivity index (χ0v) is 5.29. The Morgan fingerprint density at radius 1 is 1.62 bits per heavy atom. The van der Waals surface area contributed by atoms with Gasteiger partial charge in [0.2, 0.25) is 0 Å². The quantitative estimate of drug-likeness (QED) is 0.447. The highest BCUT2D eigenvalue weighted by atomic mass is 16.5. The minimum atomic E-state index is 0.437. The monoisotopic (exact) mass is 115 g/mol. The molecule has 3 heteroatoms. The third-order valence-corrected chi connectivity index (χ3v) is 1.60. The van der Waals surface area contributed by atoms with Crippen molar-refractivity contribution in [3.05, 3.63) is 5.21 Å². The van der Waals surface area contributed by atoms with Gasteiger partial charge in [-0.2, -0.15) is 0 Å². The summed E-state index contributed by atoms with van der Waals surface area (Å²) in [5.74, 6) is 0. The average Bonchev–Trinajstić information content (AvgIpc) is 1.85. The molecule has 0 aromatic heterocycles. The van der Waals surface area contributed by atoms with Gasteiger partial charge in [0.05, 0.1) is 0 Å². The Bertz CT molecular complexity index is 76.5. The number of hydroxylamine groups is 2. The lowest BCUT2D eigenvalue weighted by Gasteiger charge is -2.19. The van der Waals surface area contributed by atoms with Gasteiger partial charge in [-0.3, -0.25) is 4.90 Å². The lowest BCUT2D eigenvalue weighted by molar-refractivity contribution is 0.306. The molecule has 1 rings (SSSR count). The van der Waals surface area contributed by atoms with Crippen molar-refractivity contribution in [1.82, 2.24) is 9.96 Å². The van der Waals surface area contributed by atoms with Crippen LogP contribution in [0, 0.1) is 5.21 Å². The molecular formula is C5H11N2O-. The van der Waals surface area contributed by atoms with Gasteiger partial charge in [-0.1, -0.05) is 0 Å². The van der Waals surface area contributed by atoms with Gasteiger partial charge in [0, 0.05) is 19.3 Å². The molecule has 0 amide bonds. The molecule has 0 aliphatic carbocycles. The number of nitrogens with zero attached hydrogens (tertiary/aromatic N) is 2. The van der Waals surface area contributed by atoms with E-state index in [1.807, 2.05) is 11.9 Å². The van der Waals surface area contributed by atoms with Crippen LogP contribution in [0.4, 0.5) is 0 Å². The van der Waals surface area contributed by atoms with Crippen molar-refractivity contribution in [2.45, 2.75) is 13.0 Å². The van der Waals surface area contributed by atoms with Crippen LogP contribution < -0.4 is 0 Å². The van der Waals surface area contributed by atoms with Crippen molar-refractivity contribution in [3.8, 4) is 0 Å². The fraction of sp³-hybridized carbons (Fsp3) is 1.00. The van der Waals surface area contributed by atoms with Crippen molar-refractivity contribution < 1.29 is 0 Å². The van der Waals surface area contributed by atoms with E-state index in [1.165, 1.54) is 0 Å². The van der Waals surface area contributed by atoms with Crippen LogP contribution in [0.15, 0.2) is 0 Å². The van der Waals surface area contributed by atoms with Gasteiger partial charge in [-0.15, -0.1) is 0 Å². The van der Waals surface area contributed by atoms with E-state index < -0.39 is 0 Å². The van der Waals surface area contributed by atoms with Crippen molar-refractivity contribution in [2.24, 2.45) is 0 Å². The van der Waals surface area contributed by atoms with Gasteiger partial charge in [0.25, 0.3) is 0 Å². The van der Waals surface area contributed by atoms with Gasteiger partial charge in [0.1, 0.15) is 0 Å². The number of hydrogen-bond acceptors (Lipinski definition) is 3. The molecule has 0 saturated carbocycles. The van der Waals surface area contributed by atoms with E-state index in [-0.39, 0.29) is 0 Å². The highest BCUT2D eigenvalue weighted by Gasteiger charge is 2.16. The first-order valence-corrected chi connectivity index (χ1v) is 2.82. The molecule has 1 atom stereocenters. The Morgan fingerprint density at radius 2 is 2.25 bits per heavy atom. The van der Waals surface area contributed by atoms with Gasteiger partial charge >= 0.3 is 0 Å². The first-order valence-electron chi connectivity index (χ1n) is 2.82. The second kappa shape index (κ2) is 2.01. The smallest absolute Gasteiger partial charge is 0.0392 e. The van der Waals surface area contributed by atoms with Gasteiger partial charge in [-0.25, -0.2) is 0 Å². The van der Waals surface area contributed by atoms with Crippen molar-refractivity contribution in [3.63, 3.8) is 0 Å². The van der Waals surface area contributed by atoms with Crippen LogP contribution in [0.25, 0.3) is 0 Å². The first kappa shape index (κ1) is 6.01. The zero-order chi connectivity index (χ0) is 6.15. The van der Waals surface area contributed by atoms with Crippen LogP contribution in [0.3, 0.4) is 0 Å². The molecule has 0 radical (unpaired) electrons. The standard InChI is InChI=1S/C5H11N2O/c1-5-3-7(8)4-6(5)2/h5H,3-4H2,1-2H3/q-1. The van der Waals surface area contributed by atoms with Crippen LogP contribution in [0.1, 0.15) is 6.92 Å². The molecule has 1 fully saturated rings. The largest absolute Gasteiger partial charge is 0.784 e. The van der Waals surface area contributed by atoms with E-state index >= 15 is 0 Å². The Balaban J connectivity index is 2.39. The normalized spacial score (nSPS) is 34.1. The van der Waals surface area contributed by atoms with Gasteiger partial charge in [-0.05, 0) is 14.0 Å². The molecule has 8 heavy (non-hydrogen) atoms. The Kier molecular flexibility index (Phi) is 1.51. The molecule has 3 nitrogen and oxygen atoms in total. The SMILES string of the molecule is CC1CN([O-])CN1C. The summed E-state index contributed by atoms with van der Waals surface area (Å²) in [5.41, 5.74) is 0. The van der Waals surface area contributed by atoms with E-state index in [0.717, 1.165) is 5.06 Å². The maximum absolute atomic E-state index is 10.5. The van der Waals surface area contributed by atoms with E-state index in [2.05, 4.69) is 6.92 Å². The Morgan fingerprint density at radius 3 is 2.38 bits per heavy atom. The molecule has 0 N–H and O–H groups in total. The van der Waals surface area contributed by atoms with E-state index in [9.17, 15) is 5.21 Å². The molecule has 1 heterocycles. The van der Waals surface area contributed by atoms with Gasteiger partial charge in [0.15, 0.2) is 0 Å². The minimum absolute atomic E-state index is 0.437. The molecule has 0 aromatic rings. The second-order valence-electron chi connectivity index (χ2n) is 2.41. The molecule has 1 aliphatic rings. The summed E-state index contributed by atoms with van der Waals surface area (Å²) in [5, 5.41) is 11.6. The fourth-order valence-corrected chi connectivity index (χ4v) is 0.880. The third-order valence-electron chi connectivity index (χ3n) is 1.60. The molecule has 1 saturated heterocycles. The number of rotatable bonds is 0. The Hall–Kier alpha value is -0.120. The third kappa shape index (κ3) is 0.992. The van der Waals surface area contributed by atoms with Crippen molar-refractivity contribution in [2.75, 3.05) is 20.3 Å². The molecule has 1 unspecified atom stereocenters. The maximum atomic E-state index is 10.5. The lowest BCUT2D eigenvalue weighted by atomic mass is 10.3. The van der Waals surface area contributed by atoms with Crippen molar-refractivity contribution >= 4 is 0 Å². The summed E-state index contributed by atoms with van der Waals surface area (Å²) in [7, 11) is 1.96. The van der Waals surface area contributed by atoms with E-state index in [0.29, 0.717) is 19.3 Å². The minimum Gasteiger partial charge on any atom is -0.784 e. The number of hydrogen-bond donors (Lipinski definition) is 0. The van der Waals surface area contributed by atoms with Crippen LogP contribution in [0.5, 0.6) is 0 Å². The fourth-order valence-electron chi connectivity index (χ4n) is 0.880. The van der Waals surface area contributed by atoms with Crippen LogP contribution >= 0.6 is 0 Å². The van der Waals surface area contributed by atoms with E-state index in [1.54, 1.807) is 0 Å². The summed E-state index contributed by atoms with van der Waals surface area (Å²) >= 11 is 0. The van der Waals surface area contributed by atoms with Gasteiger partial charge < -0.3 is 10.3 Å². The Labute approximate surface area is 49.5 Å². The predicted molar refractivity (Wildman–Crippen MR) is 32.2 cm³/mol. The predicted octanol–water partition coefficient (Wildman–Crippen LogP) is 0.0776. The van der Waals surface area contributed by atoms with E-state index in [4.69, 9.17) is 0 Å². The highest BCUT2D eigenvalue weighted by molar-refractivity contribution is 4.75. The van der Waals surface area contributed by atoms with Crippen LogP contribution in [0.2, 0.25) is 0 Å². The molecule has 1 aliphatic heterocycles. The topological polar surface area (TPSA) is 29.5 Å². The molecule has 48 valence electrons.